The molecule has 1 heterocycles. The molecule has 0 aliphatic carbocycles. The van der Waals surface area contributed by atoms with Crippen molar-refractivity contribution in [1.29, 1.82) is 0 Å². The zero-order chi connectivity index (χ0) is 14.8. The third-order valence-electron chi connectivity index (χ3n) is 2.74. The van der Waals surface area contributed by atoms with Gasteiger partial charge in [0.1, 0.15) is 4.90 Å². The summed E-state index contributed by atoms with van der Waals surface area (Å²) in [5, 5.41) is 0. The van der Waals surface area contributed by atoms with Crippen LogP contribution in [0.2, 0.25) is 0 Å². The average Bonchev–Trinajstić information content (AvgIpc) is 2.41. The highest BCUT2D eigenvalue weighted by Gasteiger charge is 2.24. The second-order valence-corrected chi connectivity index (χ2v) is 6.88. The quantitative estimate of drug-likeness (QED) is 0.855. The Morgan fingerprint density at radius 2 is 1.90 bits per heavy atom. The van der Waals surface area contributed by atoms with Gasteiger partial charge >= 0.3 is 0 Å². The smallest absolute Gasteiger partial charge is 0.265 e. The molecule has 0 radical (unpaired) electrons. The maximum absolute atomic E-state index is 12.6. The molecule has 0 bridgehead atoms. The number of nitrogens with zero attached hydrogens (tertiary/aromatic N) is 2. The van der Waals surface area contributed by atoms with Crippen molar-refractivity contribution in [3.63, 3.8) is 0 Å². The molecule has 0 amide bonds. The van der Waals surface area contributed by atoms with Gasteiger partial charge in [0.2, 0.25) is 0 Å². The molecule has 2 N–H and O–H groups in total. The Labute approximate surface area is 126 Å². The first-order valence-electron chi connectivity index (χ1n) is 5.94. The second-order valence-electron chi connectivity index (χ2n) is 4.10. The van der Waals surface area contributed by atoms with Gasteiger partial charge in [-0.25, -0.2) is 8.42 Å². The highest BCUT2D eigenvalue weighted by atomic mass is 79.9. The van der Waals surface area contributed by atoms with E-state index >= 15 is 0 Å². The molecular formula is C13H14BrN3O2S. The van der Waals surface area contributed by atoms with Crippen molar-refractivity contribution in [2.45, 2.75) is 11.8 Å². The number of anilines is 2. The van der Waals surface area contributed by atoms with Crippen LogP contribution >= 0.6 is 15.9 Å². The summed E-state index contributed by atoms with van der Waals surface area (Å²) in [6.07, 6.45) is 2.87. The number of nitrogens with two attached hydrogens (primary N) is 1. The Kier molecular flexibility index (Phi) is 4.29. The number of halogens is 1. The van der Waals surface area contributed by atoms with E-state index in [2.05, 4.69) is 20.9 Å². The maximum atomic E-state index is 12.6. The molecule has 0 fully saturated rings. The molecule has 1 aromatic heterocycles. The highest BCUT2D eigenvalue weighted by Crippen LogP contribution is 2.25. The van der Waals surface area contributed by atoms with E-state index in [0.717, 1.165) is 0 Å². The van der Waals surface area contributed by atoms with Gasteiger partial charge in [-0.05, 0) is 53.2 Å². The summed E-state index contributed by atoms with van der Waals surface area (Å²) in [4.78, 5) is 4.05. The molecule has 2 rings (SSSR count). The van der Waals surface area contributed by atoms with Gasteiger partial charge in [-0.3, -0.25) is 9.29 Å². The predicted molar refractivity (Wildman–Crippen MR) is 83.0 cm³/mol. The van der Waals surface area contributed by atoms with Gasteiger partial charge in [-0.15, -0.1) is 0 Å². The lowest BCUT2D eigenvalue weighted by molar-refractivity contribution is 0.591. The lowest BCUT2D eigenvalue weighted by atomic mass is 10.3. The van der Waals surface area contributed by atoms with Gasteiger partial charge in [0.05, 0.1) is 5.69 Å². The summed E-state index contributed by atoms with van der Waals surface area (Å²) in [6.45, 7) is 2.10. The van der Waals surface area contributed by atoms with Gasteiger partial charge in [-0.2, -0.15) is 0 Å². The van der Waals surface area contributed by atoms with Crippen LogP contribution in [0.15, 0.2) is 52.1 Å². The van der Waals surface area contributed by atoms with Crippen molar-refractivity contribution >= 4 is 37.3 Å². The third-order valence-corrected chi connectivity index (χ3v) is 5.04. The Balaban J connectivity index is 2.47. The van der Waals surface area contributed by atoms with Gasteiger partial charge in [-0.1, -0.05) is 0 Å². The van der Waals surface area contributed by atoms with Crippen LogP contribution in [0.1, 0.15) is 6.92 Å². The van der Waals surface area contributed by atoms with Gasteiger partial charge < -0.3 is 5.73 Å². The first-order valence-corrected chi connectivity index (χ1v) is 8.17. The van der Waals surface area contributed by atoms with E-state index in [1.807, 2.05) is 0 Å². The van der Waals surface area contributed by atoms with E-state index in [9.17, 15) is 8.42 Å². The van der Waals surface area contributed by atoms with Crippen molar-refractivity contribution in [3.05, 3.63) is 47.2 Å². The third kappa shape index (κ3) is 2.94. The zero-order valence-corrected chi connectivity index (χ0v) is 13.2. The SMILES string of the molecule is CCN(c1ccc(N)cc1)S(=O)(=O)c1cncc(Br)c1. The maximum Gasteiger partial charge on any atom is 0.265 e. The number of pyridine rings is 1. The van der Waals surface area contributed by atoms with Gasteiger partial charge in [0.15, 0.2) is 0 Å². The summed E-state index contributed by atoms with van der Waals surface area (Å²) >= 11 is 3.23. The van der Waals surface area contributed by atoms with Crippen LogP contribution in [-0.4, -0.2) is 19.9 Å². The summed E-state index contributed by atoms with van der Waals surface area (Å²) in [5.74, 6) is 0. The minimum atomic E-state index is -3.64. The van der Waals surface area contributed by atoms with Crippen LogP contribution in [-0.2, 0) is 10.0 Å². The molecule has 5 nitrogen and oxygen atoms in total. The molecule has 0 aliphatic heterocycles. The second kappa shape index (κ2) is 5.80. The molecule has 0 unspecified atom stereocenters. The number of hydrogen-bond donors (Lipinski definition) is 1. The summed E-state index contributed by atoms with van der Waals surface area (Å²) in [7, 11) is -3.64. The van der Waals surface area contributed by atoms with Crippen molar-refractivity contribution in [2.24, 2.45) is 0 Å². The molecule has 0 saturated carbocycles. The van der Waals surface area contributed by atoms with E-state index in [4.69, 9.17) is 5.73 Å². The number of hydrogen-bond acceptors (Lipinski definition) is 4. The standard InChI is InChI=1S/C13H14BrN3O2S/c1-2-17(12-5-3-11(15)4-6-12)20(18,19)13-7-10(14)8-16-9-13/h3-9H,2,15H2,1H3. The van der Waals surface area contributed by atoms with Crippen LogP contribution in [0.3, 0.4) is 0 Å². The largest absolute Gasteiger partial charge is 0.399 e. The van der Waals surface area contributed by atoms with Gasteiger partial charge in [0, 0.05) is 29.1 Å². The number of aromatic nitrogens is 1. The van der Waals surface area contributed by atoms with E-state index in [1.165, 1.54) is 16.6 Å². The Hall–Kier alpha value is -1.60. The molecule has 7 heteroatoms. The Morgan fingerprint density at radius 3 is 2.45 bits per heavy atom. The lowest BCUT2D eigenvalue weighted by Gasteiger charge is -2.22. The lowest BCUT2D eigenvalue weighted by Crippen LogP contribution is -2.30. The fourth-order valence-corrected chi connectivity index (χ4v) is 3.77. The molecule has 1 aromatic carbocycles. The summed E-state index contributed by atoms with van der Waals surface area (Å²) in [6, 6.07) is 8.24. The minimum Gasteiger partial charge on any atom is -0.399 e. The fourth-order valence-electron chi connectivity index (χ4n) is 1.79. The van der Waals surface area contributed by atoms with Crippen LogP contribution in [0.4, 0.5) is 11.4 Å². The Bertz CT molecular complexity index is 702. The number of rotatable bonds is 4. The minimum absolute atomic E-state index is 0.144. The molecule has 106 valence electrons. The van der Waals surface area contributed by atoms with Crippen LogP contribution in [0, 0.1) is 0 Å². The van der Waals surface area contributed by atoms with Gasteiger partial charge in [0.25, 0.3) is 10.0 Å². The van der Waals surface area contributed by atoms with E-state index in [0.29, 0.717) is 22.4 Å². The van der Waals surface area contributed by atoms with Crippen LogP contribution in [0.5, 0.6) is 0 Å². The van der Waals surface area contributed by atoms with Crippen LogP contribution < -0.4 is 10.0 Å². The normalized spacial score (nSPS) is 11.3. The topological polar surface area (TPSA) is 76.3 Å². The number of nitrogen functional groups attached to an aromatic ring is 1. The molecule has 20 heavy (non-hydrogen) atoms. The first kappa shape index (κ1) is 14.8. The van der Waals surface area contributed by atoms with Crippen molar-refractivity contribution in [3.8, 4) is 0 Å². The monoisotopic (exact) mass is 355 g/mol. The highest BCUT2D eigenvalue weighted by molar-refractivity contribution is 9.10. The van der Waals surface area contributed by atoms with Crippen LogP contribution in [0.25, 0.3) is 0 Å². The molecule has 0 spiro atoms. The number of sulfonamides is 1. The van der Waals surface area contributed by atoms with E-state index < -0.39 is 10.0 Å². The summed E-state index contributed by atoms with van der Waals surface area (Å²) in [5.41, 5.74) is 6.78. The van der Waals surface area contributed by atoms with Crippen molar-refractivity contribution in [2.75, 3.05) is 16.6 Å². The zero-order valence-electron chi connectivity index (χ0n) is 10.8. The molecule has 0 saturated heterocycles. The van der Waals surface area contributed by atoms with Crippen molar-refractivity contribution in [1.82, 2.24) is 4.98 Å². The Morgan fingerprint density at radius 1 is 1.25 bits per heavy atom. The summed E-state index contributed by atoms with van der Waals surface area (Å²) < 4.78 is 27.2. The fraction of sp³-hybridized carbons (Fsp3) is 0.154. The molecular weight excluding hydrogens is 342 g/mol. The average molecular weight is 356 g/mol. The van der Waals surface area contributed by atoms with E-state index in [1.54, 1.807) is 37.4 Å². The predicted octanol–water partition coefficient (Wildman–Crippen LogP) is 2.64. The number of benzene rings is 1. The molecule has 0 aliphatic rings. The van der Waals surface area contributed by atoms with Crippen molar-refractivity contribution < 1.29 is 8.42 Å². The molecule has 0 atom stereocenters. The first-order chi connectivity index (χ1) is 9.45. The van der Waals surface area contributed by atoms with E-state index in [-0.39, 0.29) is 4.90 Å². The molecule has 2 aromatic rings.